The molecule has 0 unspecified atom stereocenters. The molecule has 0 radical (unpaired) electrons. The average molecular weight is 349 g/mol. The molecule has 1 aromatic carbocycles. The van der Waals surface area contributed by atoms with Crippen molar-refractivity contribution in [2.45, 2.75) is 12.8 Å². The number of rotatable bonds is 3. The second-order valence-electron chi connectivity index (χ2n) is 6.32. The van der Waals surface area contributed by atoms with Crippen LogP contribution >= 0.6 is 0 Å². The molecule has 0 amide bonds. The summed E-state index contributed by atoms with van der Waals surface area (Å²) >= 11 is 0. The lowest BCUT2D eigenvalue weighted by molar-refractivity contribution is 0.0690. The topological polar surface area (TPSA) is 84.1 Å². The highest BCUT2D eigenvalue weighted by molar-refractivity contribution is 5.85. The van der Waals surface area contributed by atoms with Crippen molar-refractivity contribution >= 4 is 11.8 Å². The second kappa shape index (κ2) is 6.59. The largest absolute Gasteiger partial charge is 0.476 e. The van der Waals surface area contributed by atoms with Gasteiger partial charge >= 0.3 is 5.97 Å². The molecule has 3 aromatic rings. The first-order chi connectivity index (χ1) is 12.6. The van der Waals surface area contributed by atoms with Crippen molar-refractivity contribution in [3.8, 4) is 11.3 Å². The standard InChI is InChI=1S/C19H19N5O2/c1-23-18(13-5-3-2-4-6-13)14-7-9-24(10-8-15(14)22-23)17-12-20-11-16(21-17)19(25)26/h2-6,11-12H,7-10H2,1H3,(H,25,26). The van der Waals surface area contributed by atoms with E-state index in [1.807, 2.05) is 29.9 Å². The van der Waals surface area contributed by atoms with Gasteiger partial charge in [-0.05, 0) is 6.42 Å². The Morgan fingerprint density at radius 1 is 1.12 bits per heavy atom. The summed E-state index contributed by atoms with van der Waals surface area (Å²) in [4.78, 5) is 21.5. The van der Waals surface area contributed by atoms with E-state index in [0.717, 1.165) is 42.9 Å². The lowest BCUT2D eigenvalue weighted by Crippen LogP contribution is -2.28. The quantitative estimate of drug-likeness (QED) is 0.780. The van der Waals surface area contributed by atoms with Gasteiger partial charge in [0.25, 0.3) is 0 Å². The molecule has 7 nitrogen and oxygen atoms in total. The van der Waals surface area contributed by atoms with E-state index in [-0.39, 0.29) is 5.69 Å². The number of aryl methyl sites for hydroxylation is 1. The summed E-state index contributed by atoms with van der Waals surface area (Å²) in [6.45, 7) is 1.48. The maximum atomic E-state index is 11.1. The Balaban J connectivity index is 1.64. The molecule has 0 fully saturated rings. The van der Waals surface area contributed by atoms with Gasteiger partial charge in [0.1, 0.15) is 5.82 Å². The lowest BCUT2D eigenvalue weighted by Gasteiger charge is -2.21. The van der Waals surface area contributed by atoms with Crippen LogP contribution in [0.2, 0.25) is 0 Å². The van der Waals surface area contributed by atoms with Crippen LogP contribution in [-0.2, 0) is 19.9 Å². The van der Waals surface area contributed by atoms with Crippen molar-refractivity contribution in [3.63, 3.8) is 0 Å². The number of anilines is 1. The molecule has 3 heterocycles. The normalized spacial score (nSPS) is 14.0. The van der Waals surface area contributed by atoms with Crippen molar-refractivity contribution in [2.75, 3.05) is 18.0 Å². The molecule has 0 saturated heterocycles. The van der Waals surface area contributed by atoms with Gasteiger partial charge in [-0.3, -0.25) is 9.67 Å². The van der Waals surface area contributed by atoms with E-state index < -0.39 is 5.97 Å². The van der Waals surface area contributed by atoms with Crippen LogP contribution in [-0.4, -0.2) is 43.9 Å². The molecule has 0 atom stereocenters. The molecule has 0 saturated carbocycles. The fourth-order valence-corrected chi connectivity index (χ4v) is 3.48. The summed E-state index contributed by atoms with van der Waals surface area (Å²) in [7, 11) is 1.98. The van der Waals surface area contributed by atoms with Crippen LogP contribution in [0.4, 0.5) is 5.82 Å². The van der Waals surface area contributed by atoms with Crippen LogP contribution in [0.1, 0.15) is 21.7 Å². The number of aromatic carboxylic acids is 1. The van der Waals surface area contributed by atoms with E-state index >= 15 is 0 Å². The van der Waals surface area contributed by atoms with Gasteiger partial charge in [0, 0.05) is 37.7 Å². The number of nitrogens with zero attached hydrogens (tertiary/aromatic N) is 5. The zero-order valence-electron chi connectivity index (χ0n) is 14.5. The van der Waals surface area contributed by atoms with Crippen LogP contribution in [0.3, 0.4) is 0 Å². The van der Waals surface area contributed by atoms with Crippen LogP contribution in [0.25, 0.3) is 11.3 Å². The Kier molecular flexibility index (Phi) is 4.12. The SMILES string of the molecule is Cn1nc2c(c1-c1ccccc1)CCN(c1cncc(C(=O)O)n1)CC2. The minimum atomic E-state index is -1.06. The predicted molar refractivity (Wildman–Crippen MR) is 97.3 cm³/mol. The monoisotopic (exact) mass is 349 g/mol. The van der Waals surface area contributed by atoms with Crippen molar-refractivity contribution in [3.05, 3.63) is 59.7 Å². The highest BCUT2D eigenvalue weighted by atomic mass is 16.4. The number of carboxylic acid groups (broad SMARTS) is 1. The number of fused-ring (bicyclic) bond motifs is 1. The molecule has 2 aromatic heterocycles. The van der Waals surface area contributed by atoms with Crippen molar-refractivity contribution in [1.82, 2.24) is 19.7 Å². The van der Waals surface area contributed by atoms with Crippen LogP contribution in [0, 0.1) is 0 Å². The van der Waals surface area contributed by atoms with Gasteiger partial charge in [-0.15, -0.1) is 0 Å². The maximum Gasteiger partial charge on any atom is 0.356 e. The maximum absolute atomic E-state index is 11.1. The predicted octanol–water partition coefficient (Wildman–Crippen LogP) is 2.18. The molecule has 26 heavy (non-hydrogen) atoms. The summed E-state index contributed by atoms with van der Waals surface area (Å²) in [5.41, 5.74) is 4.62. The number of carboxylic acids is 1. The van der Waals surface area contributed by atoms with E-state index in [0.29, 0.717) is 5.82 Å². The van der Waals surface area contributed by atoms with Crippen molar-refractivity contribution in [2.24, 2.45) is 7.05 Å². The Hall–Kier alpha value is -3.22. The lowest BCUT2D eigenvalue weighted by atomic mass is 10.0. The number of aromatic nitrogens is 4. The van der Waals surface area contributed by atoms with E-state index in [2.05, 4.69) is 27.0 Å². The molecular formula is C19H19N5O2. The van der Waals surface area contributed by atoms with Crippen LogP contribution in [0.15, 0.2) is 42.7 Å². The van der Waals surface area contributed by atoms with E-state index in [9.17, 15) is 4.79 Å². The molecule has 7 heteroatoms. The van der Waals surface area contributed by atoms with E-state index in [1.165, 1.54) is 11.8 Å². The molecule has 132 valence electrons. The van der Waals surface area contributed by atoms with Gasteiger partial charge in [-0.25, -0.2) is 9.78 Å². The summed E-state index contributed by atoms with van der Waals surface area (Å²) < 4.78 is 1.96. The molecule has 1 aliphatic rings. The van der Waals surface area contributed by atoms with Gasteiger partial charge in [-0.2, -0.15) is 5.10 Å². The molecule has 4 rings (SSSR count). The fraction of sp³-hybridized carbons (Fsp3) is 0.263. The fourth-order valence-electron chi connectivity index (χ4n) is 3.48. The highest BCUT2D eigenvalue weighted by Gasteiger charge is 2.23. The zero-order chi connectivity index (χ0) is 18.1. The van der Waals surface area contributed by atoms with Crippen molar-refractivity contribution < 1.29 is 9.90 Å². The van der Waals surface area contributed by atoms with Crippen LogP contribution < -0.4 is 4.90 Å². The van der Waals surface area contributed by atoms with Gasteiger partial charge in [-0.1, -0.05) is 30.3 Å². The molecule has 1 N–H and O–H groups in total. The summed E-state index contributed by atoms with van der Waals surface area (Å²) in [6, 6.07) is 10.3. The average Bonchev–Trinajstić information content (AvgIpc) is 2.83. The Labute approximate surface area is 150 Å². The van der Waals surface area contributed by atoms with Crippen molar-refractivity contribution in [1.29, 1.82) is 0 Å². The smallest absolute Gasteiger partial charge is 0.356 e. The van der Waals surface area contributed by atoms with Gasteiger partial charge in [0.15, 0.2) is 5.69 Å². The van der Waals surface area contributed by atoms with Gasteiger partial charge in [0.2, 0.25) is 0 Å². The Morgan fingerprint density at radius 2 is 1.88 bits per heavy atom. The Bertz CT molecular complexity index is 952. The third-order valence-electron chi connectivity index (χ3n) is 4.69. The summed E-state index contributed by atoms with van der Waals surface area (Å²) in [5, 5.41) is 13.9. The third kappa shape index (κ3) is 2.92. The third-order valence-corrected chi connectivity index (χ3v) is 4.69. The molecule has 0 aliphatic carbocycles. The second-order valence-corrected chi connectivity index (χ2v) is 6.32. The van der Waals surface area contributed by atoms with Gasteiger partial charge in [0.05, 0.1) is 23.8 Å². The first-order valence-electron chi connectivity index (χ1n) is 8.54. The first kappa shape index (κ1) is 16.3. The van der Waals surface area contributed by atoms with E-state index in [4.69, 9.17) is 10.2 Å². The highest BCUT2D eigenvalue weighted by Crippen LogP contribution is 2.29. The summed E-state index contributed by atoms with van der Waals surface area (Å²) in [6.07, 6.45) is 4.50. The number of benzene rings is 1. The summed E-state index contributed by atoms with van der Waals surface area (Å²) in [5.74, 6) is -0.466. The number of hydrogen-bond donors (Lipinski definition) is 1. The van der Waals surface area contributed by atoms with Gasteiger partial charge < -0.3 is 10.0 Å². The number of carbonyl (C=O) groups is 1. The van der Waals surface area contributed by atoms with E-state index in [1.54, 1.807) is 6.20 Å². The molecule has 1 aliphatic heterocycles. The molecule has 0 spiro atoms. The molecule has 0 bridgehead atoms. The minimum Gasteiger partial charge on any atom is -0.476 e. The zero-order valence-corrected chi connectivity index (χ0v) is 14.5. The first-order valence-corrected chi connectivity index (χ1v) is 8.54. The Morgan fingerprint density at radius 3 is 2.65 bits per heavy atom. The van der Waals surface area contributed by atoms with Crippen LogP contribution in [0.5, 0.6) is 0 Å². The minimum absolute atomic E-state index is 0.0341. The number of hydrogen-bond acceptors (Lipinski definition) is 5. The molecular weight excluding hydrogens is 330 g/mol.